The van der Waals surface area contributed by atoms with Crippen LogP contribution in [0.15, 0.2) is 36.5 Å². The van der Waals surface area contributed by atoms with Crippen LogP contribution in [0.1, 0.15) is 21.5 Å². The summed E-state index contributed by atoms with van der Waals surface area (Å²) in [4.78, 5) is 25.7. The summed E-state index contributed by atoms with van der Waals surface area (Å²) in [6, 6.07) is 9.23. The number of pyridine rings is 1. The molecule has 0 saturated heterocycles. The fourth-order valence-corrected chi connectivity index (χ4v) is 2.83. The van der Waals surface area contributed by atoms with Crippen molar-refractivity contribution in [1.29, 1.82) is 0 Å². The van der Waals surface area contributed by atoms with Gasteiger partial charge >= 0.3 is 0 Å². The Balaban J connectivity index is 1.71. The van der Waals surface area contributed by atoms with Crippen molar-refractivity contribution >= 4 is 23.0 Å². The molecule has 3 N–H and O–H groups in total. The molecular formula is C15H13N5O2. The molecule has 0 saturated carbocycles. The smallest absolute Gasteiger partial charge is 0.274 e. The second kappa shape index (κ2) is 4.81. The predicted molar refractivity (Wildman–Crippen MR) is 79.5 cm³/mol. The first-order chi connectivity index (χ1) is 10.8. The minimum Gasteiger partial charge on any atom is -0.334 e. The summed E-state index contributed by atoms with van der Waals surface area (Å²) in [5.74, 6) is 0.227. The quantitative estimate of drug-likeness (QED) is 0.493. The number of carbonyl (C=O) groups is 1. The molecule has 4 rings (SSSR count). The number of aromatic amines is 1. The summed E-state index contributed by atoms with van der Waals surface area (Å²) in [5, 5.41) is 8.86. The molecule has 3 aromatic rings. The zero-order chi connectivity index (χ0) is 15.1. The molecule has 7 heteroatoms. The van der Waals surface area contributed by atoms with Gasteiger partial charge in [-0.15, -0.1) is 0 Å². The number of fused-ring (bicyclic) bond motifs is 2. The second-order valence-electron chi connectivity index (χ2n) is 5.17. The monoisotopic (exact) mass is 295 g/mol. The number of carbonyl (C=O) groups excluding carboxylic acids is 1. The summed E-state index contributed by atoms with van der Waals surface area (Å²) < 4.78 is 0. The lowest BCUT2D eigenvalue weighted by atomic mass is 10.0. The van der Waals surface area contributed by atoms with Crippen LogP contribution in [-0.2, 0) is 13.1 Å². The Morgan fingerprint density at radius 2 is 2.18 bits per heavy atom. The van der Waals surface area contributed by atoms with E-state index in [1.54, 1.807) is 17.7 Å². The lowest BCUT2D eigenvalue weighted by molar-refractivity contribution is 0.0705. The van der Waals surface area contributed by atoms with Gasteiger partial charge in [0.25, 0.3) is 5.91 Å². The van der Waals surface area contributed by atoms with Gasteiger partial charge < -0.3 is 9.88 Å². The summed E-state index contributed by atoms with van der Waals surface area (Å²) in [6.45, 7) is 1.21. The number of amides is 1. The third kappa shape index (κ3) is 1.91. The molecule has 0 aliphatic carbocycles. The van der Waals surface area contributed by atoms with Crippen LogP contribution in [0.5, 0.6) is 0 Å². The van der Waals surface area contributed by atoms with Crippen LogP contribution in [0.2, 0.25) is 0 Å². The standard InChI is InChI=1S/C15H13N5O2/c21-14(19-22)10-4-1-3-9-7-20(8-11(9)10)15-17-12-5-2-6-16-13(12)18-15/h1-6,22H,7-8H2,(H,19,21)(H,16,17,18). The number of H-pyrrole nitrogens is 1. The normalized spacial score (nSPS) is 13.4. The van der Waals surface area contributed by atoms with Crippen molar-refractivity contribution in [2.75, 3.05) is 4.90 Å². The number of benzene rings is 1. The number of aromatic nitrogens is 3. The van der Waals surface area contributed by atoms with Crippen molar-refractivity contribution in [3.8, 4) is 0 Å². The Hall–Kier alpha value is -2.93. The van der Waals surface area contributed by atoms with Crippen LogP contribution >= 0.6 is 0 Å². The largest absolute Gasteiger partial charge is 0.334 e. The van der Waals surface area contributed by atoms with Crippen molar-refractivity contribution in [3.05, 3.63) is 53.2 Å². The molecule has 0 bridgehead atoms. The summed E-state index contributed by atoms with van der Waals surface area (Å²) >= 11 is 0. The molecule has 1 aromatic carbocycles. The van der Waals surface area contributed by atoms with E-state index in [9.17, 15) is 4.79 Å². The highest BCUT2D eigenvalue weighted by Gasteiger charge is 2.26. The molecule has 110 valence electrons. The zero-order valence-electron chi connectivity index (χ0n) is 11.6. The second-order valence-corrected chi connectivity index (χ2v) is 5.17. The van der Waals surface area contributed by atoms with E-state index < -0.39 is 5.91 Å². The fraction of sp³-hybridized carbons (Fsp3) is 0.133. The predicted octanol–water partition coefficient (Wildman–Crippen LogP) is 1.60. The average Bonchev–Trinajstić information content (AvgIpc) is 3.16. The number of nitrogens with one attached hydrogen (secondary N) is 2. The molecule has 0 atom stereocenters. The number of hydrogen-bond donors (Lipinski definition) is 3. The van der Waals surface area contributed by atoms with Gasteiger partial charge in [0.05, 0.1) is 0 Å². The van der Waals surface area contributed by atoms with Gasteiger partial charge in [0, 0.05) is 24.8 Å². The summed E-state index contributed by atoms with van der Waals surface area (Å²) in [5.41, 5.74) is 5.68. The van der Waals surface area contributed by atoms with Crippen molar-refractivity contribution in [2.45, 2.75) is 13.1 Å². The Morgan fingerprint density at radius 3 is 3.00 bits per heavy atom. The van der Waals surface area contributed by atoms with Crippen LogP contribution in [-0.4, -0.2) is 26.1 Å². The Labute approximate surface area is 125 Å². The van der Waals surface area contributed by atoms with Gasteiger partial charge in [0.15, 0.2) is 5.65 Å². The third-order valence-electron chi connectivity index (χ3n) is 3.87. The van der Waals surface area contributed by atoms with E-state index in [0.29, 0.717) is 18.7 Å². The van der Waals surface area contributed by atoms with Crippen molar-refractivity contribution in [2.24, 2.45) is 0 Å². The number of hydrogen-bond acceptors (Lipinski definition) is 5. The third-order valence-corrected chi connectivity index (χ3v) is 3.87. The average molecular weight is 295 g/mol. The minimum absolute atomic E-state index is 0.483. The van der Waals surface area contributed by atoms with Gasteiger partial charge in [-0.1, -0.05) is 12.1 Å². The Kier molecular flexibility index (Phi) is 2.80. The van der Waals surface area contributed by atoms with Crippen LogP contribution in [0.3, 0.4) is 0 Å². The molecule has 0 unspecified atom stereocenters. The molecule has 7 nitrogen and oxygen atoms in total. The van der Waals surface area contributed by atoms with Crippen molar-refractivity contribution in [3.63, 3.8) is 0 Å². The van der Waals surface area contributed by atoms with E-state index in [-0.39, 0.29) is 0 Å². The molecule has 1 aliphatic rings. The summed E-state index contributed by atoms with van der Waals surface area (Å²) in [6.07, 6.45) is 1.71. The highest BCUT2D eigenvalue weighted by molar-refractivity contribution is 5.95. The number of imidazole rings is 1. The maximum Gasteiger partial charge on any atom is 0.274 e. The van der Waals surface area contributed by atoms with E-state index >= 15 is 0 Å². The maximum atomic E-state index is 11.7. The zero-order valence-corrected chi connectivity index (χ0v) is 11.6. The number of rotatable bonds is 2. The first-order valence-electron chi connectivity index (χ1n) is 6.87. The van der Waals surface area contributed by atoms with Gasteiger partial charge in [-0.3, -0.25) is 10.0 Å². The van der Waals surface area contributed by atoms with E-state index in [1.165, 1.54) is 0 Å². The van der Waals surface area contributed by atoms with E-state index in [0.717, 1.165) is 28.2 Å². The van der Waals surface area contributed by atoms with Crippen molar-refractivity contribution < 1.29 is 10.0 Å². The number of anilines is 1. The van der Waals surface area contributed by atoms with Gasteiger partial charge in [0.1, 0.15) is 5.52 Å². The lowest BCUT2D eigenvalue weighted by Crippen LogP contribution is -2.21. The van der Waals surface area contributed by atoms with Gasteiger partial charge in [-0.05, 0) is 29.3 Å². The molecular weight excluding hydrogens is 282 g/mol. The van der Waals surface area contributed by atoms with Gasteiger partial charge in [0.2, 0.25) is 5.95 Å². The Bertz CT molecular complexity index is 840. The van der Waals surface area contributed by atoms with Crippen LogP contribution in [0.25, 0.3) is 11.2 Å². The van der Waals surface area contributed by atoms with E-state index in [2.05, 4.69) is 15.0 Å². The molecule has 3 heterocycles. The first-order valence-corrected chi connectivity index (χ1v) is 6.87. The molecule has 1 amide bonds. The van der Waals surface area contributed by atoms with Crippen LogP contribution in [0, 0.1) is 0 Å². The molecule has 1 aliphatic heterocycles. The van der Waals surface area contributed by atoms with Crippen LogP contribution < -0.4 is 10.4 Å². The highest BCUT2D eigenvalue weighted by Crippen LogP contribution is 2.29. The van der Waals surface area contributed by atoms with Gasteiger partial charge in [-0.25, -0.2) is 15.4 Å². The van der Waals surface area contributed by atoms with E-state index in [4.69, 9.17) is 5.21 Å². The van der Waals surface area contributed by atoms with E-state index in [1.807, 2.05) is 29.2 Å². The van der Waals surface area contributed by atoms with Crippen LogP contribution in [0.4, 0.5) is 5.95 Å². The molecule has 0 radical (unpaired) electrons. The minimum atomic E-state index is -0.495. The maximum absolute atomic E-state index is 11.7. The number of nitrogens with zero attached hydrogens (tertiary/aromatic N) is 3. The molecule has 0 fully saturated rings. The van der Waals surface area contributed by atoms with Crippen molar-refractivity contribution in [1.82, 2.24) is 20.4 Å². The molecule has 22 heavy (non-hydrogen) atoms. The molecule has 2 aromatic heterocycles. The SMILES string of the molecule is O=C(NO)c1cccc2c1CN(c1nc3cccnc3[nH]1)C2. The molecule has 0 spiro atoms. The lowest BCUT2D eigenvalue weighted by Gasteiger charge is -2.13. The number of hydroxylamine groups is 1. The Morgan fingerprint density at radius 1 is 1.27 bits per heavy atom. The highest BCUT2D eigenvalue weighted by atomic mass is 16.5. The first kappa shape index (κ1) is 12.8. The fourth-order valence-electron chi connectivity index (χ4n) is 2.83. The summed E-state index contributed by atoms with van der Waals surface area (Å²) in [7, 11) is 0. The topological polar surface area (TPSA) is 94.1 Å². The van der Waals surface area contributed by atoms with Gasteiger partial charge in [-0.2, -0.15) is 0 Å².